The zero-order chi connectivity index (χ0) is 15.1. The fourth-order valence-electron chi connectivity index (χ4n) is 3.10. The van der Waals surface area contributed by atoms with Crippen LogP contribution in [0.15, 0.2) is 18.2 Å². The minimum Gasteiger partial charge on any atom is -0.493 e. The van der Waals surface area contributed by atoms with Gasteiger partial charge in [0, 0.05) is 5.88 Å². The second-order valence-corrected chi connectivity index (χ2v) is 6.12. The van der Waals surface area contributed by atoms with Gasteiger partial charge in [0.15, 0.2) is 11.5 Å². The summed E-state index contributed by atoms with van der Waals surface area (Å²) in [6, 6.07) is 6.37. The molecule has 1 N–H and O–H groups in total. The van der Waals surface area contributed by atoms with Crippen molar-refractivity contribution >= 4 is 11.6 Å². The molecular weight excluding hydrogens is 286 g/mol. The van der Waals surface area contributed by atoms with Crippen LogP contribution in [-0.4, -0.2) is 33.2 Å². The molecule has 4 heteroatoms. The lowest BCUT2D eigenvalue weighted by molar-refractivity contribution is 0.222. The number of benzene rings is 1. The number of halogens is 1. The van der Waals surface area contributed by atoms with Crippen LogP contribution in [0.25, 0.3) is 0 Å². The molecule has 1 aromatic carbocycles. The highest BCUT2D eigenvalue weighted by atomic mass is 35.5. The first-order valence-electron chi connectivity index (χ1n) is 7.75. The van der Waals surface area contributed by atoms with Crippen LogP contribution in [0.5, 0.6) is 11.5 Å². The second kappa shape index (κ2) is 7.90. The molecule has 0 amide bonds. The predicted octanol–water partition coefficient (Wildman–Crippen LogP) is 3.73. The van der Waals surface area contributed by atoms with E-state index in [2.05, 4.69) is 17.4 Å². The van der Waals surface area contributed by atoms with Gasteiger partial charge in [0.2, 0.25) is 0 Å². The lowest BCUT2D eigenvalue weighted by Gasteiger charge is -2.43. The van der Waals surface area contributed by atoms with Crippen LogP contribution in [0.4, 0.5) is 0 Å². The van der Waals surface area contributed by atoms with Crippen LogP contribution in [0, 0.1) is 0 Å². The molecule has 21 heavy (non-hydrogen) atoms. The molecule has 1 fully saturated rings. The highest BCUT2D eigenvalue weighted by molar-refractivity contribution is 6.17. The summed E-state index contributed by atoms with van der Waals surface area (Å²) in [6.07, 6.45) is 6.05. The van der Waals surface area contributed by atoms with Crippen molar-refractivity contribution in [3.05, 3.63) is 23.8 Å². The Morgan fingerprint density at radius 3 is 2.48 bits per heavy atom. The van der Waals surface area contributed by atoms with Crippen molar-refractivity contribution in [3.63, 3.8) is 0 Å². The van der Waals surface area contributed by atoms with E-state index in [4.69, 9.17) is 21.1 Å². The third-order valence-corrected chi connectivity index (χ3v) is 4.84. The van der Waals surface area contributed by atoms with Gasteiger partial charge in [0.25, 0.3) is 0 Å². The number of nitrogens with one attached hydrogen (secondary N) is 1. The Balaban J connectivity index is 2.02. The first-order chi connectivity index (χ1) is 10.3. The Hall–Kier alpha value is -0.930. The quantitative estimate of drug-likeness (QED) is 0.557. The van der Waals surface area contributed by atoms with Gasteiger partial charge in [-0.25, -0.2) is 0 Å². The summed E-state index contributed by atoms with van der Waals surface area (Å²) in [4.78, 5) is 0. The number of hydrogen-bond donors (Lipinski definition) is 1. The summed E-state index contributed by atoms with van der Waals surface area (Å²) in [5.74, 6) is 2.36. The van der Waals surface area contributed by atoms with Crippen molar-refractivity contribution in [2.24, 2.45) is 0 Å². The van der Waals surface area contributed by atoms with Crippen LogP contribution in [0.1, 0.15) is 37.7 Å². The van der Waals surface area contributed by atoms with Crippen molar-refractivity contribution < 1.29 is 9.47 Å². The smallest absolute Gasteiger partial charge is 0.161 e. The predicted molar refractivity (Wildman–Crippen MR) is 87.9 cm³/mol. The highest BCUT2D eigenvalue weighted by Gasteiger charge is 2.38. The molecule has 2 rings (SSSR count). The van der Waals surface area contributed by atoms with Gasteiger partial charge in [-0.3, -0.25) is 0 Å². The molecule has 0 heterocycles. The molecule has 1 aliphatic carbocycles. The second-order valence-electron chi connectivity index (χ2n) is 5.75. The van der Waals surface area contributed by atoms with E-state index in [0.29, 0.717) is 5.41 Å². The van der Waals surface area contributed by atoms with Crippen LogP contribution in [-0.2, 0) is 5.41 Å². The largest absolute Gasteiger partial charge is 0.493 e. The topological polar surface area (TPSA) is 30.5 Å². The average molecular weight is 312 g/mol. The Morgan fingerprint density at radius 2 is 1.90 bits per heavy atom. The molecular formula is C17H26ClNO2. The molecule has 3 nitrogen and oxygen atoms in total. The summed E-state index contributed by atoms with van der Waals surface area (Å²) < 4.78 is 10.8. The molecule has 0 aromatic heterocycles. The molecule has 0 saturated heterocycles. The van der Waals surface area contributed by atoms with E-state index >= 15 is 0 Å². The first-order valence-corrected chi connectivity index (χ1v) is 8.28. The van der Waals surface area contributed by atoms with E-state index in [1.54, 1.807) is 14.2 Å². The molecule has 0 unspecified atom stereocenters. The molecule has 1 aromatic rings. The van der Waals surface area contributed by atoms with Gasteiger partial charge in [-0.05, 0) is 61.9 Å². The highest BCUT2D eigenvalue weighted by Crippen LogP contribution is 2.48. The molecule has 0 atom stereocenters. The maximum Gasteiger partial charge on any atom is 0.161 e. The maximum absolute atomic E-state index is 5.70. The van der Waals surface area contributed by atoms with E-state index in [-0.39, 0.29) is 0 Å². The Labute approximate surface area is 133 Å². The summed E-state index contributed by atoms with van der Waals surface area (Å²) in [5, 5.41) is 3.49. The van der Waals surface area contributed by atoms with Gasteiger partial charge < -0.3 is 14.8 Å². The Bertz CT molecular complexity index is 446. The fraction of sp³-hybridized carbons (Fsp3) is 0.647. The number of methoxy groups -OCH3 is 2. The Morgan fingerprint density at radius 1 is 1.14 bits per heavy atom. The van der Waals surface area contributed by atoms with E-state index < -0.39 is 0 Å². The number of ether oxygens (including phenoxy) is 2. The van der Waals surface area contributed by atoms with Crippen LogP contribution >= 0.6 is 11.6 Å². The van der Waals surface area contributed by atoms with E-state index in [1.807, 2.05) is 6.07 Å². The lowest BCUT2D eigenvalue weighted by atomic mass is 9.62. The van der Waals surface area contributed by atoms with E-state index in [0.717, 1.165) is 36.9 Å². The summed E-state index contributed by atoms with van der Waals surface area (Å²) in [5.41, 5.74) is 1.69. The molecule has 1 saturated carbocycles. The number of rotatable bonds is 9. The zero-order valence-electron chi connectivity index (χ0n) is 13.1. The summed E-state index contributed by atoms with van der Waals surface area (Å²) >= 11 is 5.70. The van der Waals surface area contributed by atoms with Gasteiger partial charge in [-0.1, -0.05) is 12.5 Å². The normalized spacial score (nSPS) is 16.3. The molecule has 118 valence electrons. The molecule has 0 aliphatic heterocycles. The van der Waals surface area contributed by atoms with E-state index in [1.165, 1.54) is 31.2 Å². The van der Waals surface area contributed by atoms with Crippen molar-refractivity contribution in [1.29, 1.82) is 0 Å². The molecule has 0 spiro atoms. The van der Waals surface area contributed by atoms with Crippen molar-refractivity contribution in [3.8, 4) is 11.5 Å². The van der Waals surface area contributed by atoms with E-state index in [9.17, 15) is 0 Å². The van der Waals surface area contributed by atoms with Gasteiger partial charge in [0.05, 0.1) is 14.2 Å². The summed E-state index contributed by atoms with van der Waals surface area (Å²) in [6.45, 7) is 2.05. The minimum atomic E-state index is 0.313. The zero-order valence-corrected chi connectivity index (χ0v) is 13.8. The van der Waals surface area contributed by atoms with Crippen LogP contribution in [0.3, 0.4) is 0 Å². The van der Waals surface area contributed by atoms with Crippen LogP contribution in [0.2, 0.25) is 0 Å². The van der Waals surface area contributed by atoms with Crippen molar-refractivity contribution in [2.75, 3.05) is 33.2 Å². The third-order valence-electron chi connectivity index (χ3n) is 4.57. The standard InChI is InChI=1S/C17H26ClNO2/c1-20-15-6-5-14(13-16(15)21-2)17(7-3-8-17)9-12-19-11-4-10-18/h5-6,13,19H,3-4,7-12H2,1-2H3. The summed E-state index contributed by atoms with van der Waals surface area (Å²) in [7, 11) is 3.38. The van der Waals surface area contributed by atoms with Gasteiger partial charge in [0.1, 0.15) is 0 Å². The third kappa shape index (κ3) is 3.83. The Kier molecular flexibility index (Phi) is 6.19. The van der Waals surface area contributed by atoms with Crippen molar-refractivity contribution in [1.82, 2.24) is 5.32 Å². The minimum absolute atomic E-state index is 0.313. The lowest BCUT2D eigenvalue weighted by Crippen LogP contribution is -2.37. The van der Waals surface area contributed by atoms with Gasteiger partial charge in [-0.2, -0.15) is 0 Å². The first kappa shape index (κ1) is 16.4. The van der Waals surface area contributed by atoms with Crippen molar-refractivity contribution in [2.45, 2.75) is 37.5 Å². The average Bonchev–Trinajstić information content (AvgIpc) is 2.48. The van der Waals surface area contributed by atoms with Gasteiger partial charge in [-0.15, -0.1) is 11.6 Å². The number of alkyl halides is 1. The monoisotopic (exact) mass is 311 g/mol. The van der Waals surface area contributed by atoms with Crippen LogP contribution < -0.4 is 14.8 Å². The maximum atomic E-state index is 5.70. The molecule has 1 aliphatic rings. The molecule has 0 radical (unpaired) electrons. The fourth-order valence-corrected chi connectivity index (χ4v) is 3.23. The van der Waals surface area contributed by atoms with Gasteiger partial charge >= 0.3 is 0 Å². The SMILES string of the molecule is COc1ccc(C2(CCNCCCCl)CCC2)cc1OC. The number of hydrogen-bond acceptors (Lipinski definition) is 3. The molecule has 0 bridgehead atoms.